The third-order valence-corrected chi connectivity index (χ3v) is 3.46. The second-order valence-electron chi connectivity index (χ2n) is 4.70. The number of halogens is 1. The van der Waals surface area contributed by atoms with Crippen molar-refractivity contribution in [3.63, 3.8) is 0 Å². The van der Waals surface area contributed by atoms with Crippen molar-refractivity contribution in [2.45, 2.75) is 32.9 Å². The quantitative estimate of drug-likeness (QED) is 0.817. The van der Waals surface area contributed by atoms with Gasteiger partial charge in [0.05, 0.1) is 18.1 Å². The van der Waals surface area contributed by atoms with Gasteiger partial charge < -0.3 is 9.88 Å². The zero-order valence-electron chi connectivity index (χ0n) is 11.4. The van der Waals surface area contributed by atoms with Gasteiger partial charge in [-0.05, 0) is 37.6 Å². The maximum atomic E-state index is 6.06. The Hall–Kier alpha value is -1.32. The lowest BCUT2D eigenvalue weighted by Crippen LogP contribution is -2.18. The third kappa shape index (κ3) is 3.58. The van der Waals surface area contributed by atoms with E-state index in [2.05, 4.69) is 34.8 Å². The first-order chi connectivity index (χ1) is 9.22. The first kappa shape index (κ1) is 14.1. The molecule has 4 heteroatoms. The lowest BCUT2D eigenvalue weighted by Gasteiger charge is -2.17. The van der Waals surface area contributed by atoms with E-state index in [4.69, 9.17) is 11.6 Å². The van der Waals surface area contributed by atoms with E-state index in [1.807, 2.05) is 30.7 Å². The zero-order valence-corrected chi connectivity index (χ0v) is 12.2. The summed E-state index contributed by atoms with van der Waals surface area (Å²) in [7, 11) is 0. The number of hydrogen-bond donors (Lipinski definition) is 1. The van der Waals surface area contributed by atoms with Gasteiger partial charge >= 0.3 is 0 Å². The van der Waals surface area contributed by atoms with Crippen LogP contribution in [0.15, 0.2) is 36.8 Å². The molecule has 19 heavy (non-hydrogen) atoms. The first-order valence-electron chi connectivity index (χ1n) is 6.69. The zero-order chi connectivity index (χ0) is 13.7. The Labute approximate surface area is 119 Å². The summed E-state index contributed by atoms with van der Waals surface area (Å²) in [5.41, 5.74) is 2.39. The SMILES string of the molecule is CCCNCc1cncn1C(C)c1cccc(Cl)c1. The highest BCUT2D eigenvalue weighted by Crippen LogP contribution is 2.22. The summed E-state index contributed by atoms with van der Waals surface area (Å²) in [5.74, 6) is 0. The minimum absolute atomic E-state index is 0.236. The van der Waals surface area contributed by atoms with E-state index < -0.39 is 0 Å². The summed E-state index contributed by atoms with van der Waals surface area (Å²) in [6.45, 7) is 6.20. The van der Waals surface area contributed by atoms with Crippen LogP contribution in [0.4, 0.5) is 0 Å². The second kappa shape index (κ2) is 6.73. The van der Waals surface area contributed by atoms with Gasteiger partial charge in [0, 0.05) is 17.8 Å². The highest BCUT2D eigenvalue weighted by Gasteiger charge is 2.11. The normalized spacial score (nSPS) is 12.6. The second-order valence-corrected chi connectivity index (χ2v) is 5.14. The molecule has 0 spiro atoms. The highest BCUT2D eigenvalue weighted by molar-refractivity contribution is 6.30. The van der Waals surface area contributed by atoms with Crippen molar-refractivity contribution in [1.29, 1.82) is 0 Å². The van der Waals surface area contributed by atoms with E-state index in [1.54, 1.807) is 0 Å². The van der Waals surface area contributed by atoms with Gasteiger partial charge in [0.2, 0.25) is 0 Å². The Morgan fingerprint density at radius 1 is 1.42 bits per heavy atom. The summed E-state index contributed by atoms with van der Waals surface area (Å²) in [5, 5.41) is 4.18. The molecule has 1 aromatic carbocycles. The van der Waals surface area contributed by atoms with Gasteiger partial charge in [-0.25, -0.2) is 4.98 Å². The fourth-order valence-corrected chi connectivity index (χ4v) is 2.34. The van der Waals surface area contributed by atoms with Gasteiger partial charge in [-0.15, -0.1) is 0 Å². The van der Waals surface area contributed by atoms with Crippen molar-refractivity contribution in [3.8, 4) is 0 Å². The predicted octanol–water partition coefficient (Wildman–Crippen LogP) is 3.65. The fraction of sp³-hybridized carbons (Fsp3) is 0.400. The minimum Gasteiger partial charge on any atom is -0.326 e. The number of imidazole rings is 1. The molecule has 102 valence electrons. The number of aromatic nitrogens is 2. The van der Waals surface area contributed by atoms with Crippen molar-refractivity contribution in [3.05, 3.63) is 53.1 Å². The molecule has 0 amide bonds. The van der Waals surface area contributed by atoms with Crippen LogP contribution in [0.2, 0.25) is 5.02 Å². The van der Waals surface area contributed by atoms with E-state index in [0.717, 1.165) is 24.5 Å². The Balaban J connectivity index is 2.15. The molecular weight excluding hydrogens is 258 g/mol. The van der Waals surface area contributed by atoms with Crippen molar-refractivity contribution in [1.82, 2.24) is 14.9 Å². The molecule has 1 heterocycles. The predicted molar refractivity (Wildman–Crippen MR) is 79.5 cm³/mol. The molecule has 0 radical (unpaired) electrons. The average molecular weight is 278 g/mol. The van der Waals surface area contributed by atoms with E-state index in [1.165, 1.54) is 11.3 Å². The third-order valence-electron chi connectivity index (χ3n) is 3.23. The van der Waals surface area contributed by atoms with Crippen molar-refractivity contribution in [2.24, 2.45) is 0 Å². The smallest absolute Gasteiger partial charge is 0.0954 e. The Morgan fingerprint density at radius 3 is 3.00 bits per heavy atom. The molecule has 0 saturated heterocycles. The van der Waals surface area contributed by atoms with Crippen molar-refractivity contribution >= 4 is 11.6 Å². The maximum absolute atomic E-state index is 6.06. The summed E-state index contributed by atoms with van der Waals surface area (Å²) in [4.78, 5) is 4.26. The molecule has 1 atom stereocenters. The molecule has 0 aliphatic heterocycles. The van der Waals surface area contributed by atoms with Crippen LogP contribution >= 0.6 is 11.6 Å². The molecular formula is C15H20ClN3. The monoisotopic (exact) mass is 277 g/mol. The lowest BCUT2D eigenvalue weighted by molar-refractivity contribution is 0.574. The largest absolute Gasteiger partial charge is 0.326 e. The van der Waals surface area contributed by atoms with E-state index in [0.29, 0.717) is 0 Å². The van der Waals surface area contributed by atoms with Crippen LogP contribution < -0.4 is 5.32 Å². The summed E-state index contributed by atoms with van der Waals surface area (Å²) < 4.78 is 2.19. The Bertz CT molecular complexity index is 522. The van der Waals surface area contributed by atoms with Crippen LogP contribution in [0.25, 0.3) is 0 Å². The first-order valence-corrected chi connectivity index (χ1v) is 7.07. The van der Waals surface area contributed by atoms with Gasteiger partial charge in [-0.1, -0.05) is 30.7 Å². The van der Waals surface area contributed by atoms with Gasteiger partial charge in [0.15, 0.2) is 0 Å². The molecule has 0 fully saturated rings. The number of rotatable bonds is 6. The molecule has 0 bridgehead atoms. The summed E-state index contributed by atoms with van der Waals surface area (Å²) in [6, 6.07) is 8.23. The van der Waals surface area contributed by atoms with Crippen LogP contribution in [0.1, 0.15) is 37.6 Å². The van der Waals surface area contributed by atoms with Gasteiger partial charge in [0.1, 0.15) is 0 Å². The lowest BCUT2D eigenvalue weighted by atomic mass is 10.1. The van der Waals surface area contributed by atoms with Crippen LogP contribution in [-0.2, 0) is 6.54 Å². The molecule has 1 N–H and O–H groups in total. The molecule has 3 nitrogen and oxygen atoms in total. The van der Waals surface area contributed by atoms with Gasteiger partial charge in [-0.3, -0.25) is 0 Å². The number of nitrogens with zero attached hydrogens (tertiary/aromatic N) is 2. The highest BCUT2D eigenvalue weighted by atomic mass is 35.5. The molecule has 2 rings (SSSR count). The van der Waals surface area contributed by atoms with Crippen molar-refractivity contribution < 1.29 is 0 Å². The number of hydrogen-bond acceptors (Lipinski definition) is 2. The van der Waals surface area contributed by atoms with E-state index >= 15 is 0 Å². The summed E-state index contributed by atoms with van der Waals surface area (Å²) in [6.07, 6.45) is 4.94. The fourth-order valence-electron chi connectivity index (χ4n) is 2.14. The molecule has 1 aromatic heterocycles. The number of benzene rings is 1. The molecule has 0 aliphatic carbocycles. The number of nitrogens with one attached hydrogen (secondary N) is 1. The van der Waals surface area contributed by atoms with Crippen LogP contribution in [-0.4, -0.2) is 16.1 Å². The Morgan fingerprint density at radius 2 is 2.26 bits per heavy atom. The molecule has 1 unspecified atom stereocenters. The Kier molecular flexibility index (Phi) is 5.00. The maximum Gasteiger partial charge on any atom is 0.0954 e. The van der Waals surface area contributed by atoms with E-state index in [-0.39, 0.29) is 6.04 Å². The van der Waals surface area contributed by atoms with Gasteiger partial charge in [-0.2, -0.15) is 0 Å². The van der Waals surface area contributed by atoms with Crippen LogP contribution in [0.5, 0.6) is 0 Å². The van der Waals surface area contributed by atoms with Crippen LogP contribution in [0, 0.1) is 0 Å². The molecule has 2 aromatic rings. The minimum atomic E-state index is 0.236. The summed E-state index contributed by atoms with van der Waals surface area (Å²) >= 11 is 6.06. The van der Waals surface area contributed by atoms with Gasteiger partial charge in [0.25, 0.3) is 0 Å². The van der Waals surface area contributed by atoms with E-state index in [9.17, 15) is 0 Å². The molecule has 0 aliphatic rings. The standard InChI is InChI=1S/C15H20ClN3/c1-3-7-17-9-15-10-18-11-19(15)12(2)13-5-4-6-14(16)8-13/h4-6,8,10-12,17H,3,7,9H2,1-2H3. The average Bonchev–Trinajstić information content (AvgIpc) is 2.86. The molecule has 0 saturated carbocycles. The van der Waals surface area contributed by atoms with Crippen molar-refractivity contribution in [2.75, 3.05) is 6.54 Å². The van der Waals surface area contributed by atoms with Crippen LogP contribution in [0.3, 0.4) is 0 Å². The topological polar surface area (TPSA) is 29.9 Å².